The first kappa shape index (κ1) is 13.2. The fourth-order valence-corrected chi connectivity index (χ4v) is 3.24. The summed E-state index contributed by atoms with van der Waals surface area (Å²) in [7, 11) is 1.81. The van der Waals surface area contributed by atoms with Crippen LogP contribution in [0, 0.1) is 0 Å². The third kappa shape index (κ3) is 1.94. The van der Waals surface area contributed by atoms with Crippen LogP contribution in [-0.2, 0) is 4.79 Å². The molecular formula is C16H17N5O. The third-order valence-corrected chi connectivity index (χ3v) is 4.44. The van der Waals surface area contributed by atoms with Crippen LogP contribution in [-0.4, -0.2) is 40.5 Å². The second kappa shape index (κ2) is 5.05. The second-order valence-corrected chi connectivity index (χ2v) is 5.74. The number of likely N-dealkylation sites (N-methyl/N-ethyl adjacent to an activating group) is 1. The van der Waals surface area contributed by atoms with Crippen LogP contribution >= 0.6 is 0 Å². The van der Waals surface area contributed by atoms with Gasteiger partial charge in [0.25, 0.3) is 0 Å². The topological polar surface area (TPSA) is 62.2 Å². The van der Waals surface area contributed by atoms with E-state index in [2.05, 4.69) is 14.9 Å². The summed E-state index contributed by atoms with van der Waals surface area (Å²) in [4.78, 5) is 29.5. The molecule has 2 aromatic heterocycles. The van der Waals surface area contributed by atoms with Gasteiger partial charge >= 0.3 is 0 Å². The molecule has 0 unspecified atom stereocenters. The number of pyridine rings is 1. The highest BCUT2D eigenvalue weighted by atomic mass is 16.2. The number of rotatable bonds is 1. The molecule has 1 fully saturated rings. The minimum Gasteiger partial charge on any atom is -0.343 e. The first-order chi connectivity index (χ1) is 10.8. The van der Waals surface area contributed by atoms with Crippen molar-refractivity contribution < 1.29 is 4.79 Å². The molecule has 2 aromatic rings. The van der Waals surface area contributed by atoms with Crippen LogP contribution in [0.25, 0.3) is 11.4 Å². The van der Waals surface area contributed by atoms with E-state index in [1.54, 1.807) is 23.5 Å². The van der Waals surface area contributed by atoms with Gasteiger partial charge in [0, 0.05) is 31.5 Å². The number of hydrogen-bond donors (Lipinski definition) is 0. The van der Waals surface area contributed by atoms with Crippen LogP contribution in [0.3, 0.4) is 0 Å². The van der Waals surface area contributed by atoms with Gasteiger partial charge in [0.15, 0.2) is 11.6 Å². The Labute approximate surface area is 128 Å². The fourth-order valence-electron chi connectivity index (χ4n) is 3.24. The van der Waals surface area contributed by atoms with Crippen LogP contribution in [0.1, 0.15) is 19.3 Å². The van der Waals surface area contributed by atoms with Crippen LogP contribution in [0.2, 0.25) is 0 Å². The SMILES string of the molecule is CN1C(=O)[C@H]2CCCCN2c2nc(-c3ccncc3)ncc21. The number of amides is 1. The molecule has 0 aliphatic carbocycles. The van der Waals surface area contributed by atoms with Gasteiger partial charge in [0.2, 0.25) is 5.91 Å². The largest absolute Gasteiger partial charge is 0.343 e. The summed E-state index contributed by atoms with van der Waals surface area (Å²) >= 11 is 0. The van der Waals surface area contributed by atoms with Crippen LogP contribution in [0.15, 0.2) is 30.7 Å². The Morgan fingerprint density at radius 2 is 2.05 bits per heavy atom. The van der Waals surface area contributed by atoms with Crippen molar-refractivity contribution in [1.29, 1.82) is 0 Å². The van der Waals surface area contributed by atoms with Crippen molar-refractivity contribution in [3.63, 3.8) is 0 Å². The van der Waals surface area contributed by atoms with Gasteiger partial charge in [-0.3, -0.25) is 9.78 Å². The number of anilines is 2. The molecule has 112 valence electrons. The molecule has 0 spiro atoms. The maximum atomic E-state index is 12.5. The summed E-state index contributed by atoms with van der Waals surface area (Å²) in [6.07, 6.45) is 8.31. The number of fused-ring (bicyclic) bond motifs is 3. The van der Waals surface area contributed by atoms with Crippen molar-refractivity contribution in [2.75, 3.05) is 23.4 Å². The molecule has 1 atom stereocenters. The van der Waals surface area contributed by atoms with E-state index in [9.17, 15) is 4.79 Å². The van der Waals surface area contributed by atoms with E-state index in [0.717, 1.165) is 42.9 Å². The van der Waals surface area contributed by atoms with Gasteiger partial charge in [-0.15, -0.1) is 0 Å². The summed E-state index contributed by atoms with van der Waals surface area (Å²) < 4.78 is 0. The van der Waals surface area contributed by atoms with Crippen molar-refractivity contribution in [3.05, 3.63) is 30.7 Å². The second-order valence-electron chi connectivity index (χ2n) is 5.74. The Hall–Kier alpha value is -2.50. The van der Waals surface area contributed by atoms with Gasteiger partial charge in [-0.25, -0.2) is 9.97 Å². The van der Waals surface area contributed by atoms with Crippen molar-refractivity contribution >= 4 is 17.4 Å². The van der Waals surface area contributed by atoms with Gasteiger partial charge in [-0.2, -0.15) is 0 Å². The van der Waals surface area contributed by atoms with Crippen LogP contribution < -0.4 is 9.80 Å². The molecule has 6 heteroatoms. The molecule has 2 aliphatic heterocycles. The highest BCUT2D eigenvalue weighted by molar-refractivity contribution is 6.04. The molecule has 0 aromatic carbocycles. The summed E-state index contributed by atoms with van der Waals surface area (Å²) in [5.74, 6) is 1.69. The smallest absolute Gasteiger partial charge is 0.249 e. The molecule has 1 amide bonds. The van der Waals surface area contributed by atoms with E-state index >= 15 is 0 Å². The summed E-state index contributed by atoms with van der Waals surface area (Å²) in [5, 5.41) is 0. The molecule has 1 saturated heterocycles. The van der Waals surface area contributed by atoms with E-state index in [4.69, 9.17) is 4.98 Å². The van der Waals surface area contributed by atoms with Crippen LogP contribution in [0.4, 0.5) is 11.5 Å². The highest BCUT2D eigenvalue weighted by Crippen LogP contribution is 2.37. The van der Waals surface area contributed by atoms with Crippen molar-refractivity contribution in [2.24, 2.45) is 0 Å². The monoisotopic (exact) mass is 295 g/mol. The van der Waals surface area contributed by atoms with Gasteiger partial charge in [0.05, 0.1) is 6.20 Å². The number of nitrogens with zero attached hydrogens (tertiary/aromatic N) is 5. The Balaban J connectivity index is 1.83. The zero-order valence-corrected chi connectivity index (χ0v) is 12.4. The molecule has 2 aliphatic rings. The molecule has 4 rings (SSSR count). The first-order valence-corrected chi connectivity index (χ1v) is 7.57. The lowest BCUT2D eigenvalue weighted by Crippen LogP contribution is -2.54. The maximum Gasteiger partial charge on any atom is 0.249 e. The summed E-state index contributed by atoms with van der Waals surface area (Å²) in [5.41, 5.74) is 1.73. The van der Waals surface area contributed by atoms with E-state index in [1.807, 2.05) is 19.2 Å². The van der Waals surface area contributed by atoms with E-state index in [-0.39, 0.29) is 11.9 Å². The maximum absolute atomic E-state index is 12.5. The number of hydrogen-bond acceptors (Lipinski definition) is 5. The standard InChI is InChI=1S/C16H17N5O/c1-20-13-10-18-14(11-5-7-17-8-6-11)19-15(13)21-9-3-2-4-12(21)16(20)22/h5-8,10,12H,2-4,9H2,1H3/t12-/m1/s1. The predicted molar refractivity (Wildman–Crippen MR) is 83.7 cm³/mol. The molecule has 22 heavy (non-hydrogen) atoms. The highest BCUT2D eigenvalue weighted by Gasteiger charge is 2.39. The lowest BCUT2D eigenvalue weighted by atomic mass is 9.98. The lowest BCUT2D eigenvalue weighted by Gasteiger charge is -2.43. The van der Waals surface area contributed by atoms with Gasteiger partial charge in [0.1, 0.15) is 11.7 Å². The third-order valence-electron chi connectivity index (χ3n) is 4.44. The van der Waals surface area contributed by atoms with Gasteiger partial charge in [-0.1, -0.05) is 0 Å². The van der Waals surface area contributed by atoms with Gasteiger partial charge in [-0.05, 0) is 31.4 Å². The summed E-state index contributed by atoms with van der Waals surface area (Å²) in [6.45, 7) is 0.879. The number of carbonyl (C=O) groups excluding carboxylic acids is 1. The van der Waals surface area contributed by atoms with E-state index in [0.29, 0.717) is 5.82 Å². The average Bonchev–Trinajstić information content (AvgIpc) is 2.60. The number of carbonyl (C=O) groups is 1. The first-order valence-electron chi connectivity index (χ1n) is 7.57. The number of piperidine rings is 1. The Bertz CT molecular complexity index is 718. The molecule has 6 nitrogen and oxygen atoms in total. The molecule has 0 saturated carbocycles. The van der Waals surface area contributed by atoms with E-state index in [1.165, 1.54) is 0 Å². The molecule has 0 N–H and O–H groups in total. The van der Waals surface area contributed by atoms with Crippen molar-refractivity contribution in [2.45, 2.75) is 25.3 Å². The molecule has 0 radical (unpaired) electrons. The minimum atomic E-state index is -0.0774. The zero-order chi connectivity index (χ0) is 15.1. The quantitative estimate of drug-likeness (QED) is 0.804. The Morgan fingerprint density at radius 3 is 2.86 bits per heavy atom. The summed E-state index contributed by atoms with van der Waals surface area (Å²) in [6, 6.07) is 3.71. The normalized spacial score (nSPS) is 20.6. The number of aromatic nitrogens is 3. The average molecular weight is 295 g/mol. The van der Waals surface area contributed by atoms with Crippen LogP contribution in [0.5, 0.6) is 0 Å². The molecule has 4 heterocycles. The van der Waals surface area contributed by atoms with Gasteiger partial charge < -0.3 is 9.80 Å². The zero-order valence-electron chi connectivity index (χ0n) is 12.4. The van der Waals surface area contributed by atoms with Crippen molar-refractivity contribution in [1.82, 2.24) is 15.0 Å². The minimum absolute atomic E-state index is 0.0774. The molecular weight excluding hydrogens is 278 g/mol. The fraction of sp³-hybridized carbons (Fsp3) is 0.375. The van der Waals surface area contributed by atoms with E-state index < -0.39 is 0 Å². The Morgan fingerprint density at radius 1 is 1.23 bits per heavy atom. The Kier molecular flexibility index (Phi) is 3.03. The lowest BCUT2D eigenvalue weighted by molar-refractivity contribution is -0.120. The molecule has 0 bridgehead atoms. The predicted octanol–water partition coefficient (Wildman–Crippen LogP) is 1.87. The van der Waals surface area contributed by atoms with Crippen molar-refractivity contribution in [3.8, 4) is 11.4 Å².